The van der Waals surface area contributed by atoms with E-state index >= 15 is 4.79 Å². The topological polar surface area (TPSA) is 96.6 Å². The van der Waals surface area contributed by atoms with Crippen LogP contribution in [0.2, 0.25) is 10.0 Å². The third kappa shape index (κ3) is 4.52. The van der Waals surface area contributed by atoms with E-state index in [-0.39, 0.29) is 45.5 Å². The van der Waals surface area contributed by atoms with Gasteiger partial charge in [-0.05, 0) is 47.5 Å². The van der Waals surface area contributed by atoms with E-state index in [1.165, 1.54) is 39.8 Å². The molecule has 8 rings (SSSR count). The molecule has 2 aliphatic rings. The maximum atomic E-state index is 15.1. The number of rotatable bonds is 6. The van der Waals surface area contributed by atoms with Gasteiger partial charge in [0.15, 0.2) is 15.3 Å². The van der Waals surface area contributed by atoms with E-state index in [4.69, 9.17) is 27.6 Å². The van der Waals surface area contributed by atoms with Gasteiger partial charge >= 0.3 is 0 Å². The van der Waals surface area contributed by atoms with E-state index in [1.54, 1.807) is 60.7 Å². The van der Waals surface area contributed by atoms with Crippen LogP contribution in [0.25, 0.3) is 11.0 Å². The summed E-state index contributed by atoms with van der Waals surface area (Å²) in [5.41, 5.74) is -0.493. The molecule has 8 nitrogen and oxygen atoms in total. The summed E-state index contributed by atoms with van der Waals surface area (Å²) in [5, 5.41) is 9.55. The van der Waals surface area contributed by atoms with Gasteiger partial charge < -0.3 is 9.32 Å². The summed E-state index contributed by atoms with van der Waals surface area (Å²) in [5.74, 6) is -1.64. The maximum absolute atomic E-state index is 15.1. The normalized spacial score (nSPS) is 16.8. The molecular formula is C34H19Cl2FN4O4S2. The van der Waals surface area contributed by atoms with Gasteiger partial charge in [0.2, 0.25) is 10.9 Å². The molecule has 0 N–H and O–H groups in total. The van der Waals surface area contributed by atoms with Crippen molar-refractivity contribution in [1.82, 2.24) is 10.2 Å². The van der Waals surface area contributed by atoms with E-state index in [0.717, 1.165) is 11.3 Å². The van der Waals surface area contributed by atoms with Crippen LogP contribution in [-0.2, 0) is 22.6 Å². The van der Waals surface area contributed by atoms with E-state index in [0.29, 0.717) is 36.8 Å². The lowest BCUT2D eigenvalue weighted by molar-refractivity contribution is -0.121. The quantitative estimate of drug-likeness (QED) is 0.129. The van der Waals surface area contributed by atoms with Crippen molar-refractivity contribution in [2.45, 2.75) is 22.2 Å². The van der Waals surface area contributed by atoms with Gasteiger partial charge in [-0.2, -0.15) is 0 Å². The third-order valence-corrected chi connectivity index (χ3v) is 11.0. The van der Waals surface area contributed by atoms with Crippen molar-refractivity contribution in [2.24, 2.45) is 0 Å². The number of hydrogen-bond donors (Lipinski definition) is 0. The van der Waals surface area contributed by atoms with Crippen LogP contribution in [0.3, 0.4) is 0 Å². The minimum Gasteiger partial charge on any atom is -0.450 e. The van der Waals surface area contributed by atoms with Crippen molar-refractivity contribution in [1.29, 1.82) is 0 Å². The number of benzene rings is 4. The summed E-state index contributed by atoms with van der Waals surface area (Å²) in [6.45, 7) is 0.0687. The number of fused-ring (bicyclic) bond motifs is 5. The second kappa shape index (κ2) is 11.3. The lowest BCUT2D eigenvalue weighted by atomic mass is 9.84. The van der Waals surface area contributed by atoms with Crippen LogP contribution < -0.4 is 15.2 Å². The van der Waals surface area contributed by atoms with Gasteiger partial charge in [-0.1, -0.05) is 101 Å². The molecule has 0 fully saturated rings. The Bertz CT molecular complexity index is 2350. The average molecular weight is 702 g/mol. The maximum Gasteiger partial charge on any atom is 0.297 e. The number of anilines is 2. The molecule has 4 aromatic carbocycles. The Morgan fingerprint density at radius 2 is 1.64 bits per heavy atom. The van der Waals surface area contributed by atoms with E-state index in [9.17, 15) is 14.0 Å². The predicted octanol–water partition coefficient (Wildman–Crippen LogP) is 7.83. The molecule has 13 heteroatoms. The average Bonchev–Trinajstić information content (AvgIpc) is 3.71. The van der Waals surface area contributed by atoms with Crippen molar-refractivity contribution >= 4 is 79.9 Å². The molecule has 47 heavy (non-hydrogen) atoms. The summed E-state index contributed by atoms with van der Waals surface area (Å²) >= 11 is 15.1. The number of halogens is 3. The zero-order chi connectivity index (χ0) is 32.4. The van der Waals surface area contributed by atoms with Crippen LogP contribution in [0, 0.1) is 5.82 Å². The monoisotopic (exact) mass is 700 g/mol. The molecule has 1 unspecified atom stereocenters. The Balaban J connectivity index is 1.33. The number of carbonyl (C=O) groups excluding carboxylic acids is 2. The lowest BCUT2D eigenvalue weighted by Gasteiger charge is -2.32. The SMILES string of the molecule is O=C1c2oc3ccc(Cl)cc3c(=O)c2C2(C(=O)N(Cc3ccccc3Cl)c3ccccc32)N1c1nnc(SCc2ccccc2F)s1. The van der Waals surface area contributed by atoms with Gasteiger partial charge in [-0.15, -0.1) is 10.2 Å². The fourth-order valence-corrected chi connectivity index (χ4v) is 8.44. The highest BCUT2D eigenvalue weighted by Gasteiger charge is 2.66. The molecule has 4 heterocycles. The van der Waals surface area contributed by atoms with Crippen LogP contribution in [0.4, 0.5) is 15.2 Å². The molecule has 0 saturated heterocycles. The number of amides is 2. The largest absolute Gasteiger partial charge is 0.450 e. The van der Waals surface area contributed by atoms with Gasteiger partial charge in [0.25, 0.3) is 11.8 Å². The van der Waals surface area contributed by atoms with Crippen molar-refractivity contribution in [2.75, 3.05) is 9.80 Å². The summed E-state index contributed by atoms with van der Waals surface area (Å²) in [6.07, 6.45) is 0. The predicted molar refractivity (Wildman–Crippen MR) is 180 cm³/mol. The standard InChI is InChI=1S/C34H19Cl2FN4O4S2/c35-20-13-14-26-21(15-20)28(42)27-29(45-26)30(43)41(32-38-39-33(47-32)46-17-19-8-2-5-11-24(19)37)34(27)22-9-3-6-12-25(22)40(31(34)44)16-18-7-1-4-10-23(18)36/h1-15H,16-17H2. The van der Waals surface area contributed by atoms with Gasteiger partial charge in [0, 0.05) is 21.4 Å². The number of hydrogen-bond acceptors (Lipinski definition) is 8. The molecule has 0 saturated carbocycles. The van der Waals surface area contributed by atoms with Crippen LogP contribution in [0.15, 0.2) is 105 Å². The summed E-state index contributed by atoms with van der Waals surface area (Å²) in [7, 11) is 0. The summed E-state index contributed by atoms with van der Waals surface area (Å²) < 4.78 is 20.9. The van der Waals surface area contributed by atoms with Crippen molar-refractivity contribution < 1.29 is 18.4 Å². The fraction of sp³-hybridized carbons (Fsp3) is 0.0882. The molecule has 6 aromatic rings. The molecule has 1 atom stereocenters. The Morgan fingerprint density at radius 3 is 2.45 bits per heavy atom. The second-order valence-electron chi connectivity index (χ2n) is 10.9. The molecular weight excluding hydrogens is 682 g/mol. The van der Waals surface area contributed by atoms with Gasteiger partial charge in [-0.25, -0.2) is 4.39 Å². The van der Waals surface area contributed by atoms with Crippen molar-refractivity contribution in [3.8, 4) is 0 Å². The Morgan fingerprint density at radius 1 is 0.894 bits per heavy atom. The first-order valence-corrected chi connectivity index (χ1v) is 16.8. The zero-order valence-electron chi connectivity index (χ0n) is 23.9. The third-order valence-electron chi connectivity index (χ3n) is 8.27. The minimum absolute atomic E-state index is 0.0687. The first kappa shape index (κ1) is 29.8. The first-order valence-electron chi connectivity index (χ1n) is 14.2. The number of thioether (sulfide) groups is 1. The highest BCUT2D eigenvalue weighted by Crippen LogP contribution is 2.55. The highest BCUT2D eigenvalue weighted by atomic mass is 35.5. The molecule has 2 amide bonds. The molecule has 0 radical (unpaired) electrons. The molecule has 2 aromatic heterocycles. The lowest BCUT2D eigenvalue weighted by Crippen LogP contribution is -2.53. The molecule has 1 spiro atoms. The van der Waals surface area contributed by atoms with Crippen LogP contribution in [-0.4, -0.2) is 22.0 Å². The smallest absolute Gasteiger partial charge is 0.297 e. The highest BCUT2D eigenvalue weighted by molar-refractivity contribution is 8.00. The molecule has 0 aliphatic carbocycles. The number of carbonyl (C=O) groups is 2. The van der Waals surface area contributed by atoms with E-state index in [1.807, 2.05) is 12.1 Å². The molecule has 232 valence electrons. The first-order chi connectivity index (χ1) is 22.8. The molecule has 2 aliphatic heterocycles. The van der Waals surface area contributed by atoms with Crippen molar-refractivity contribution in [3.05, 3.63) is 145 Å². The van der Waals surface area contributed by atoms with Crippen LogP contribution in [0.5, 0.6) is 0 Å². The second-order valence-corrected chi connectivity index (χ2v) is 13.9. The fourth-order valence-electron chi connectivity index (χ4n) is 6.20. The number of para-hydroxylation sites is 1. The minimum atomic E-state index is -1.98. The Labute approximate surface area is 284 Å². The summed E-state index contributed by atoms with van der Waals surface area (Å²) in [4.78, 5) is 46.8. The van der Waals surface area contributed by atoms with Crippen LogP contribution in [0.1, 0.15) is 32.8 Å². The van der Waals surface area contributed by atoms with Crippen molar-refractivity contribution in [3.63, 3.8) is 0 Å². The zero-order valence-corrected chi connectivity index (χ0v) is 27.1. The number of aromatic nitrogens is 2. The van der Waals surface area contributed by atoms with E-state index in [2.05, 4.69) is 10.2 Å². The van der Waals surface area contributed by atoms with Gasteiger partial charge in [0.05, 0.1) is 23.2 Å². The molecule has 0 bridgehead atoms. The van der Waals surface area contributed by atoms with Gasteiger partial charge in [0.1, 0.15) is 11.4 Å². The summed E-state index contributed by atoms with van der Waals surface area (Å²) in [6, 6.07) is 25.1. The van der Waals surface area contributed by atoms with Gasteiger partial charge in [-0.3, -0.25) is 19.3 Å². The van der Waals surface area contributed by atoms with Crippen LogP contribution >= 0.6 is 46.3 Å². The Kier molecular flexibility index (Phi) is 7.17. The number of nitrogens with zero attached hydrogens (tertiary/aromatic N) is 4. The van der Waals surface area contributed by atoms with E-state index < -0.39 is 22.8 Å². The Hall–Kier alpha value is -4.55.